The third-order valence-corrected chi connectivity index (χ3v) is 0.197. The van der Waals surface area contributed by atoms with Crippen molar-refractivity contribution in [3.63, 3.8) is 0 Å². The molecule has 0 spiro atoms. The van der Waals surface area contributed by atoms with Gasteiger partial charge in [-0.15, -0.1) is 0 Å². The Balaban J connectivity index is 3.97. The number of hydrogen-bond acceptors (Lipinski definition) is 0. The summed E-state index contributed by atoms with van der Waals surface area (Å²) in [6.07, 6.45) is 4.11. The number of allylic oxidation sites excluding steroid dienone is 1. The maximum atomic E-state index is 6.40. The fourth-order valence-electron chi connectivity index (χ4n) is 0.0673. The summed E-state index contributed by atoms with van der Waals surface area (Å²) in [5, 5.41) is 0. The molecule has 0 fully saturated rings. The van der Waals surface area contributed by atoms with E-state index in [2.05, 4.69) is 23.5 Å². The van der Waals surface area contributed by atoms with Gasteiger partial charge in [0.2, 0.25) is 1.37 Å². The standard InChI is InChI=1S/C6H3/c1-3-5-6-4-2/h1H,2H2/q+1/i1D,2D. The lowest BCUT2D eigenvalue weighted by molar-refractivity contribution is 2.10. The van der Waals surface area contributed by atoms with Crippen LogP contribution in [0.25, 0.3) is 0 Å². The van der Waals surface area contributed by atoms with Gasteiger partial charge in [0, 0.05) is 13.0 Å². The van der Waals surface area contributed by atoms with E-state index in [1.807, 2.05) is 6.40 Å². The van der Waals surface area contributed by atoms with E-state index in [4.69, 9.17) is 2.74 Å². The van der Waals surface area contributed by atoms with Gasteiger partial charge in [-0.25, -0.2) is 0 Å². The molecule has 0 N–H and O–H groups in total. The van der Waals surface area contributed by atoms with E-state index in [0.29, 0.717) is 0 Å². The molecule has 0 aromatic heterocycles. The van der Waals surface area contributed by atoms with E-state index in [1.54, 1.807) is 0 Å². The number of terminal acetylenes is 1. The van der Waals surface area contributed by atoms with Crippen LogP contribution in [0.4, 0.5) is 0 Å². The molecule has 0 bridgehead atoms. The van der Waals surface area contributed by atoms with E-state index in [9.17, 15) is 0 Å². The van der Waals surface area contributed by atoms with Crippen molar-refractivity contribution in [1.29, 1.82) is 0 Å². The van der Waals surface area contributed by atoms with E-state index in [-0.39, 0.29) is 0 Å². The van der Waals surface area contributed by atoms with Gasteiger partial charge in [-0.05, 0) is 0 Å². The van der Waals surface area contributed by atoms with Crippen LogP contribution in [0.15, 0.2) is 18.0 Å². The van der Waals surface area contributed by atoms with Gasteiger partial charge in [-0.3, -0.25) is 0 Å². The molecule has 0 aromatic rings. The van der Waals surface area contributed by atoms with Crippen LogP contribution in [0.5, 0.6) is 0 Å². The van der Waals surface area contributed by atoms with Crippen LogP contribution in [0.3, 0.4) is 0 Å². The molecule has 0 aliphatic carbocycles. The molecule has 0 amide bonds. The molecule has 0 unspecified atom stereocenters. The first-order valence-electron chi connectivity index (χ1n) is 2.37. The summed E-state index contributed by atoms with van der Waals surface area (Å²) in [5.41, 5.74) is 4.58. The maximum absolute atomic E-state index is 6.40. The molecule has 0 aliphatic heterocycles. The Morgan fingerprint density at radius 3 is 3.83 bits per heavy atom. The summed E-state index contributed by atoms with van der Waals surface area (Å²) in [7, 11) is 0. The minimum atomic E-state index is 0.943. The highest BCUT2D eigenvalue weighted by atomic mass is 13.4. The third-order valence-electron chi connectivity index (χ3n) is 0.197. The molecule has 6 heavy (non-hydrogen) atoms. The Morgan fingerprint density at radius 2 is 3.17 bits per heavy atom. The quantitative estimate of drug-likeness (QED) is 0.229. The van der Waals surface area contributed by atoms with E-state index in [1.165, 1.54) is 0 Å². The molecular formula is C6H3+. The van der Waals surface area contributed by atoms with Crippen molar-refractivity contribution in [2.75, 3.05) is 0 Å². The monoisotopic (exact) mass is 77.0 g/mol. The first-order chi connectivity index (χ1) is 3.91. The van der Waals surface area contributed by atoms with Crippen LogP contribution < -0.4 is 0 Å². The van der Waals surface area contributed by atoms with Crippen molar-refractivity contribution < 1.29 is 2.74 Å². The summed E-state index contributed by atoms with van der Waals surface area (Å²) in [5.74, 6) is 2.17. The van der Waals surface area contributed by atoms with Crippen LogP contribution in [-0.4, -0.2) is 0 Å². The fourth-order valence-corrected chi connectivity index (χ4v) is 0.0673. The predicted molar refractivity (Wildman–Crippen MR) is 24.7 cm³/mol. The Morgan fingerprint density at radius 1 is 2.17 bits per heavy atom. The zero-order valence-electron chi connectivity index (χ0n) is 5.08. The molecule has 0 radical (unpaired) electrons. The minimum absolute atomic E-state index is 0.943. The molecule has 0 rings (SSSR count). The summed E-state index contributed by atoms with van der Waals surface area (Å²) < 4.78 is 12.7. The van der Waals surface area contributed by atoms with E-state index >= 15 is 0 Å². The topological polar surface area (TPSA) is 0 Å². The van der Waals surface area contributed by atoms with Crippen LogP contribution in [-0.2, 0) is 0 Å². The van der Waals surface area contributed by atoms with Crippen molar-refractivity contribution in [1.82, 2.24) is 0 Å². The normalized spacial score (nSPS) is 6.00. The maximum Gasteiger partial charge on any atom is 0.231 e. The molecule has 0 saturated carbocycles. The largest absolute Gasteiger partial charge is 0.231 e. The lowest BCUT2D eigenvalue weighted by Crippen LogP contribution is -1.33. The Labute approximate surface area is 40.3 Å². The third kappa shape index (κ3) is 2.77. The lowest BCUT2D eigenvalue weighted by atomic mass is 10.6. The average Bonchev–Trinajstić information content (AvgIpc) is 1.81. The van der Waals surface area contributed by atoms with Gasteiger partial charge in [0.25, 0.3) is 0 Å². The van der Waals surface area contributed by atoms with Crippen molar-refractivity contribution in [2.24, 2.45) is 0 Å². The van der Waals surface area contributed by atoms with Crippen LogP contribution >= 0.6 is 0 Å². The summed E-state index contributed by atoms with van der Waals surface area (Å²) in [6, 6.07) is 0. The van der Waals surface area contributed by atoms with Crippen LogP contribution in [0.2, 0.25) is 0 Å². The molecule has 26 valence electrons. The van der Waals surface area contributed by atoms with Crippen molar-refractivity contribution in [3.8, 4) is 12.3 Å². The molecule has 0 nitrogen and oxygen atoms in total. The van der Waals surface area contributed by atoms with Crippen molar-refractivity contribution in [3.05, 3.63) is 24.1 Å². The molecule has 0 heteroatoms. The minimum Gasteiger partial charge on any atom is 0.0222 e. The van der Waals surface area contributed by atoms with Crippen LogP contribution in [0.1, 0.15) is 2.74 Å². The van der Waals surface area contributed by atoms with Gasteiger partial charge in [-0.1, -0.05) is 0 Å². The second-order valence-corrected chi connectivity index (χ2v) is 0.519. The SMILES string of the molecule is [2H]C#C[C+]=C=C=C[2H]. The van der Waals surface area contributed by atoms with Crippen molar-refractivity contribution in [2.45, 2.75) is 0 Å². The second kappa shape index (κ2) is 3.77. The van der Waals surface area contributed by atoms with Gasteiger partial charge in [0.05, 0.1) is 7.10 Å². The predicted octanol–water partition coefficient (Wildman–Crippen LogP) is 0.919. The molecule has 0 aliphatic rings. The fraction of sp³-hybridized carbons (Fsp3) is 0. The zero-order chi connectivity index (χ0) is 6.24. The van der Waals surface area contributed by atoms with Gasteiger partial charge in [0.15, 0.2) is 11.8 Å². The first-order valence-corrected chi connectivity index (χ1v) is 1.29. The van der Waals surface area contributed by atoms with Gasteiger partial charge < -0.3 is 0 Å². The van der Waals surface area contributed by atoms with E-state index < -0.39 is 0 Å². The number of rotatable bonds is 0. The zero-order valence-corrected chi connectivity index (χ0v) is 3.08. The lowest BCUT2D eigenvalue weighted by Gasteiger charge is -1.26. The van der Waals surface area contributed by atoms with E-state index in [0.717, 1.165) is 6.55 Å². The van der Waals surface area contributed by atoms with Crippen molar-refractivity contribution >= 4 is 0 Å². The molecule has 0 atom stereocenters. The van der Waals surface area contributed by atoms with Gasteiger partial charge in [0.1, 0.15) is 5.92 Å². The molecule has 0 saturated heterocycles. The Bertz CT molecular complexity index is 192. The molecule has 0 aromatic carbocycles. The van der Waals surface area contributed by atoms with Gasteiger partial charge in [-0.2, -0.15) is 0 Å². The second-order valence-electron chi connectivity index (χ2n) is 0.519. The Kier molecular flexibility index (Phi) is 1.28. The van der Waals surface area contributed by atoms with Gasteiger partial charge >= 0.3 is 0 Å². The molecular weight excluding hydrogens is 72.1 g/mol. The molecule has 0 heterocycles. The summed E-state index contributed by atoms with van der Waals surface area (Å²) in [6.45, 7) is 0.943. The highest BCUT2D eigenvalue weighted by Crippen LogP contribution is 1.49. The number of hydrogen-bond donors (Lipinski definition) is 0. The highest BCUT2D eigenvalue weighted by molar-refractivity contribution is 4.99. The Hall–Kier alpha value is -1.23. The highest BCUT2D eigenvalue weighted by Gasteiger charge is 1.55. The average molecular weight is 77.1 g/mol. The first kappa shape index (κ1) is 2.04. The summed E-state index contributed by atoms with van der Waals surface area (Å²) >= 11 is 0. The summed E-state index contributed by atoms with van der Waals surface area (Å²) in [4.78, 5) is 0. The smallest absolute Gasteiger partial charge is 0.0222 e. The van der Waals surface area contributed by atoms with Crippen LogP contribution in [0, 0.1) is 18.4 Å².